The second-order valence-electron chi connectivity index (χ2n) is 1.93. The van der Waals surface area contributed by atoms with Crippen LogP contribution >= 0.6 is 0 Å². The van der Waals surface area contributed by atoms with Crippen LogP contribution in [0.15, 0.2) is 0 Å². The molecule has 1 rings (SSSR count). The topological polar surface area (TPSA) is 20.3 Å². The van der Waals surface area contributed by atoms with E-state index < -0.39 is 0 Å². The first kappa shape index (κ1) is 4.62. The lowest BCUT2D eigenvalue weighted by Crippen LogP contribution is -2.17. The van der Waals surface area contributed by atoms with Gasteiger partial charge in [-0.3, -0.25) is 4.79 Å². The summed E-state index contributed by atoms with van der Waals surface area (Å²) in [5.74, 6) is 0. The Balaban J connectivity index is 2.22. The number of rotatable bonds is 2. The molecule has 0 spiro atoms. The largest absolute Gasteiger partial charge is 0.335 e. The average molecular weight is 98.1 g/mol. The maximum Gasteiger partial charge on any atom is 0.312 e. The molecule has 0 N–H and O–H groups in total. The van der Waals surface area contributed by atoms with Gasteiger partial charge in [0.1, 0.15) is 0 Å². The Morgan fingerprint density at radius 1 is 1.71 bits per heavy atom. The predicted molar refractivity (Wildman–Crippen MR) is 26.5 cm³/mol. The molecule has 1 amide bonds. The Morgan fingerprint density at radius 3 is 2.43 bits per heavy atom. The van der Waals surface area contributed by atoms with E-state index in [-0.39, 0.29) is 0 Å². The minimum absolute atomic E-state index is 0.525. The van der Waals surface area contributed by atoms with Crippen LogP contribution in [-0.4, -0.2) is 24.4 Å². The molecule has 0 aromatic rings. The van der Waals surface area contributed by atoms with E-state index in [4.69, 9.17) is 0 Å². The summed E-state index contributed by atoms with van der Waals surface area (Å²) < 4.78 is 0. The summed E-state index contributed by atoms with van der Waals surface area (Å²) >= 11 is 0. The van der Waals surface area contributed by atoms with Gasteiger partial charge in [-0.2, -0.15) is 0 Å². The third kappa shape index (κ3) is 0.918. The summed E-state index contributed by atoms with van der Waals surface area (Å²) in [5.41, 5.74) is 0. The molecule has 1 aliphatic carbocycles. The fourth-order valence-electron chi connectivity index (χ4n) is 0.536. The molecule has 0 saturated heterocycles. The van der Waals surface area contributed by atoms with Gasteiger partial charge in [-0.1, -0.05) is 0 Å². The van der Waals surface area contributed by atoms with Crippen molar-refractivity contribution in [3.63, 3.8) is 0 Å². The summed E-state index contributed by atoms with van der Waals surface area (Å²) in [4.78, 5) is 11.4. The molecule has 1 saturated carbocycles. The van der Waals surface area contributed by atoms with E-state index >= 15 is 0 Å². The van der Waals surface area contributed by atoms with Crippen molar-refractivity contribution in [2.24, 2.45) is 0 Å². The first-order chi connectivity index (χ1) is 3.34. The molecule has 0 bridgehead atoms. The highest BCUT2D eigenvalue weighted by atomic mass is 16.1. The van der Waals surface area contributed by atoms with Crippen molar-refractivity contribution in [1.29, 1.82) is 0 Å². The van der Waals surface area contributed by atoms with Gasteiger partial charge < -0.3 is 4.90 Å². The zero-order chi connectivity index (χ0) is 5.28. The second-order valence-corrected chi connectivity index (χ2v) is 1.93. The van der Waals surface area contributed by atoms with Crippen LogP contribution in [0.3, 0.4) is 0 Å². The van der Waals surface area contributed by atoms with Gasteiger partial charge in [0, 0.05) is 13.1 Å². The summed E-state index contributed by atoms with van der Waals surface area (Å²) in [6.45, 7) is 0. The summed E-state index contributed by atoms with van der Waals surface area (Å²) in [7, 11) is 1.77. The molecule has 1 aliphatic rings. The molecule has 2 heteroatoms. The normalized spacial score (nSPS) is 19.0. The van der Waals surface area contributed by atoms with Crippen molar-refractivity contribution in [2.75, 3.05) is 7.05 Å². The number of hydrogen-bond acceptors (Lipinski definition) is 1. The first-order valence-electron chi connectivity index (χ1n) is 2.45. The fourth-order valence-corrected chi connectivity index (χ4v) is 0.536. The van der Waals surface area contributed by atoms with Crippen LogP contribution in [0, 0.1) is 0 Å². The maximum atomic E-state index is 9.79. The minimum Gasteiger partial charge on any atom is -0.335 e. The second kappa shape index (κ2) is 1.52. The van der Waals surface area contributed by atoms with E-state index in [1.54, 1.807) is 11.9 Å². The molecule has 0 heterocycles. The van der Waals surface area contributed by atoms with Gasteiger partial charge >= 0.3 is 6.41 Å². The predicted octanol–water partition coefficient (Wildman–Crippen LogP) is 0.148. The van der Waals surface area contributed by atoms with Crippen LogP contribution in [0.1, 0.15) is 12.8 Å². The molecule has 0 aliphatic heterocycles. The van der Waals surface area contributed by atoms with Crippen molar-refractivity contribution < 1.29 is 4.79 Å². The first-order valence-corrected chi connectivity index (χ1v) is 2.45. The Bertz CT molecular complexity index is 78.1. The lowest BCUT2D eigenvalue weighted by Gasteiger charge is -2.03. The highest BCUT2D eigenvalue weighted by Gasteiger charge is 2.25. The molecule has 0 aromatic carbocycles. The maximum absolute atomic E-state index is 9.79. The molecule has 0 aromatic heterocycles. The summed E-state index contributed by atoms with van der Waals surface area (Å²) in [6.07, 6.45) is 4.15. The monoisotopic (exact) mass is 98.1 g/mol. The van der Waals surface area contributed by atoms with Gasteiger partial charge in [0.05, 0.1) is 0 Å². The van der Waals surface area contributed by atoms with Gasteiger partial charge in [0.25, 0.3) is 0 Å². The molecular formula is C5H8NO. The average Bonchev–Trinajstić information content (AvgIpc) is 2.44. The van der Waals surface area contributed by atoms with Crippen molar-refractivity contribution in [3.8, 4) is 0 Å². The zero-order valence-corrected chi connectivity index (χ0v) is 4.35. The van der Waals surface area contributed by atoms with Crippen LogP contribution in [0.4, 0.5) is 0 Å². The van der Waals surface area contributed by atoms with E-state index in [9.17, 15) is 4.79 Å². The molecule has 0 atom stereocenters. The van der Waals surface area contributed by atoms with E-state index in [0.717, 1.165) is 0 Å². The number of nitrogens with zero attached hydrogens (tertiary/aromatic N) is 1. The standard InChI is InChI=1S/C5H8NO/c1-6(4-7)5-2-3-5/h5H,2-3H2,1H3. The summed E-state index contributed by atoms with van der Waals surface area (Å²) in [5, 5.41) is 0. The van der Waals surface area contributed by atoms with Crippen LogP contribution in [0.5, 0.6) is 0 Å². The lowest BCUT2D eigenvalue weighted by atomic mass is 10.6. The third-order valence-corrected chi connectivity index (χ3v) is 1.24. The molecule has 1 fully saturated rings. The van der Waals surface area contributed by atoms with Crippen LogP contribution in [0.25, 0.3) is 0 Å². The molecule has 0 unspecified atom stereocenters. The smallest absolute Gasteiger partial charge is 0.312 e. The van der Waals surface area contributed by atoms with E-state index in [0.29, 0.717) is 6.04 Å². The molecule has 2 nitrogen and oxygen atoms in total. The Morgan fingerprint density at radius 2 is 2.29 bits per heavy atom. The van der Waals surface area contributed by atoms with Gasteiger partial charge in [0.2, 0.25) is 0 Å². The molecule has 1 radical (unpaired) electrons. The van der Waals surface area contributed by atoms with Gasteiger partial charge in [-0.05, 0) is 12.8 Å². The highest BCUT2D eigenvalue weighted by molar-refractivity contribution is 5.48. The van der Waals surface area contributed by atoms with Crippen molar-refractivity contribution >= 4 is 6.41 Å². The SMILES string of the molecule is CN([C]=O)C1CC1. The zero-order valence-electron chi connectivity index (χ0n) is 4.35. The van der Waals surface area contributed by atoms with E-state index in [2.05, 4.69) is 0 Å². The molecule has 39 valence electrons. The Labute approximate surface area is 43.1 Å². The summed E-state index contributed by atoms with van der Waals surface area (Å²) in [6, 6.07) is 0.525. The lowest BCUT2D eigenvalue weighted by molar-refractivity contribution is 0.428. The minimum atomic E-state index is 0.525. The van der Waals surface area contributed by atoms with E-state index in [1.165, 1.54) is 12.8 Å². The van der Waals surface area contributed by atoms with Crippen molar-refractivity contribution in [1.82, 2.24) is 4.90 Å². The van der Waals surface area contributed by atoms with Gasteiger partial charge in [-0.15, -0.1) is 0 Å². The van der Waals surface area contributed by atoms with Crippen LogP contribution in [0.2, 0.25) is 0 Å². The number of carbonyl (C=O) groups excluding carboxylic acids is 1. The number of amides is 1. The van der Waals surface area contributed by atoms with E-state index in [1.807, 2.05) is 6.41 Å². The van der Waals surface area contributed by atoms with Crippen LogP contribution in [-0.2, 0) is 4.79 Å². The van der Waals surface area contributed by atoms with Crippen LogP contribution < -0.4 is 0 Å². The van der Waals surface area contributed by atoms with Crippen molar-refractivity contribution in [3.05, 3.63) is 0 Å². The Kier molecular flexibility index (Phi) is 1.01. The number of hydrogen-bond donors (Lipinski definition) is 0. The fraction of sp³-hybridized carbons (Fsp3) is 0.800. The highest BCUT2D eigenvalue weighted by Crippen LogP contribution is 2.23. The van der Waals surface area contributed by atoms with Gasteiger partial charge in [0.15, 0.2) is 0 Å². The Hall–Kier alpha value is -0.530. The molecular weight excluding hydrogens is 90.1 g/mol. The van der Waals surface area contributed by atoms with Gasteiger partial charge in [-0.25, -0.2) is 0 Å². The van der Waals surface area contributed by atoms with Crippen molar-refractivity contribution in [2.45, 2.75) is 18.9 Å². The quantitative estimate of drug-likeness (QED) is 0.450. The third-order valence-electron chi connectivity index (χ3n) is 1.24. The molecule has 7 heavy (non-hydrogen) atoms.